The lowest BCUT2D eigenvalue weighted by atomic mass is 10.1. The molecule has 1 aromatic carbocycles. The molecule has 140 valence electrons. The minimum atomic E-state index is -0.260. The van der Waals surface area contributed by atoms with Gasteiger partial charge in [0.15, 0.2) is 0 Å². The van der Waals surface area contributed by atoms with E-state index >= 15 is 0 Å². The number of pyridine rings is 2. The van der Waals surface area contributed by atoms with Gasteiger partial charge in [0, 0.05) is 18.1 Å². The van der Waals surface area contributed by atoms with Crippen LogP contribution in [0.2, 0.25) is 0 Å². The number of nitrogens with one attached hydrogen (secondary N) is 1. The molecule has 0 aliphatic heterocycles. The number of amides is 1. The summed E-state index contributed by atoms with van der Waals surface area (Å²) in [5.74, 6) is 0.179. The van der Waals surface area contributed by atoms with Crippen molar-refractivity contribution in [3.8, 4) is 0 Å². The number of fused-ring (bicyclic) bond motifs is 1. The van der Waals surface area contributed by atoms with Gasteiger partial charge in [0.2, 0.25) is 0 Å². The van der Waals surface area contributed by atoms with Gasteiger partial charge in [-0.1, -0.05) is 37.6 Å². The lowest BCUT2D eigenvalue weighted by Gasteiger charge is -2.16. The average molecular weight is 363 g/mol. The van der Waals surface area contributed by atoms with Crippen molar-refractivity contribution in [3.63, 3.8) is 0 Å². The van der Waals surface area contributed by atoms with E-state index in [1.54, 1.807) is 10.8 Å². The number of aromatic nitrogens is 2. The van der Waals surface area contributed by atoms with Crippen molar-refractivity contribution in [2.24, 2.45) is 5.92 Å². The number of carbonyl (C=O) groups excluding carboxylic acids is 1. The van der Waals surface area contributed by atoms with Crippen LogP contribution < -0.4 is 10.9 Å². The molecule has 0 saturated heterocycles. The Morgan fingerprint density at radius 1 is 1.19 bits per heavy atom. The first-order valence-electron chi connectivity index (χ1n) is 9.28. The van der Waals surface area contributed by atoms with Crippen LogP contribution in [0.5, 0.6) is 0 Å². The Morgan fingerprint density at radius 2 is 2.00 bits per heavy atom. The Bertz CT molecular complexity index is 1010. The van der Waals surface area contributed by atoms with Gasteiger partial charge in [0.1, 0.15) is 5.69 Å². The summed E-state index contributed by atoms with van der Waals surface area (Å²) in [6, 6.07) is 13.1. The van der Waals surface area contributed by atoms with Crippen molar-refractivity contribution >= 4 is 16.7 Å². The number of hydrogen-bond donors (Lipinski definition) is 1. The summed E-state index contributed by atoms with van der Waals surface area (Å²) < 4.78 is 1.61. The van der Waals surface area contributed by atoms with Gasteiger partial charge in [0.05, 0.1) is 12.2 Å². The molecule has 0 aliphatic carbocycles. The maximum atomic E-state index is 13.1. The minimum absolute atomic E-state index is 0.111. The highest BCUT2D eigenvalue weighted by atomic mass is 16.2. The van der Waals surface area contributed by atoms with Crippen LogP contribution in [0, 0.1) is 12.8 Å². The van der Waals surface area contributed by atoms with Gasteiger partial charge in [-0.2, -0.15) is 0 Å². The SMILES string of the molecule is Cc1ccc2cc(C(=O)NCc3ccccn3)n(CCC(C)C)c(=O)c2c1. The summed E-state index contributed by atoms with van der Waals surface area (Å²) in [6.45, 7) is 7.02. The van der Waals surface area contributed by atoms with Crippen LogP contribution in [-0.4, -0.2) is 15.5 Å². The molecule has 0 unspecified atom stereocenters. The van der Waals surface area contributed by atoms with Crippen LogP contribution in [0.1, 0.15) is 42.0 Å². The van der Waals surface area contributed by atoms with Gasteiger partial charge in [-0.25, -0.2) is 0 Å². The van der Waals surface area contributed by atoms with Crippen molar-refractivity contribution in [1.29, 1.82) is 0 Å². The summed E-state index contributed by atoms with van der Waals surface area (Å²) in [4.78, 5) is 30.1. The van der Waals surface area contributed by atoms with Crippen molar-refractivity contribution in [2.45, 2.75) is 40.3 Å². The fraction of sp³-hybridized carbons (Fsp3) is 0.318. The Balaban J connectivity index is 1.98. The van der Waals surface area contributed by atoms with Gasteiger partial charge in [0.25, 0.3) is 11.5 Å². The van der Waals surface area contributed by atoms with Crippen LogP contribution in [0.3, 0.4) is 0 Å². The van der Waals surface area contributed by atoms with Crippen LogP contribution in [0.15, 0.2) is 53.5 Å². The van der Waals surface area contributed by atoms with Gasteiger partial charge < -0.3 is 9.88 Å². The lowest BCUT2D eigenvalue weighted by Crippen LogP contribution is -2.32. The van der Waals surface area contributed by atoms with Crippen molar-refractivity contribution in [2.75, 3.05) is 0 Å². The molecule has 0 aliphatic rings. The summed E-state index contributed by atoms with van der Waals surface area (Å²) in [7, 11) is 0. The van der Waals surface area contributed by atoms with E-state index in [9.17, 15) is 9.59 Å². The maximum absolute atomic E-state index is 13.1. The fourth-order valence-electron chi connectivity index (χ4n) is 3.02. The molecule has 2 heterocycles. The molecular formula is C22H25N3O2. The number of carbonyl (C=O) groups is 1. The zero-order valence-corrected chi connectivity index (χ0v) is 16.0. The lowest BCUT2D eigenvalue weighted by molar-refractivity contribution is 0.0939. The minimum Gasteiger partial charge on any atom is -0.345 e. The molecule has 0 atom stereocenters. The Hall–Kier alpha value is -2.95. The van der Waals surface area contributed by atoms with Crippen LogP contribution in [0.25, 0.3) is 10.8 Å². The molecule has 5 heteroatoms. The highest BCUT2D eigenvalue weighted by Crippen LogP contribution is 2.16. The molecule has 1 amide bonds. The fourth-order valence-corrected chi connectivity index (χ4v) is 3.02. The highest BCUT2D eigenvalue weighted by Gasteiger charge is 2.16. The predicted octanol–water partition coefficient (Wildman–Crippen LogP) is 3.68. The first-order chi connectivity index (χ1) is 13.0. The average Bonchev–Trinajstić information content (AvgIpc) is 2.66. The number of hydrogen-bond acceptors (Lipinski definition) is 3. The number of aryl methyl sites for hydroxylation is 1. The molecule has 2 aromatic heterocycles. The normalized spacial score (nSPS) is 11.1. The topological polar surface area (TPSA) is 64.0 Å². The summed E-state index contributed by atoms with van der Waals surface area (Å²) in [6.07, 6.45) is 2.52. The molecule has 1 N–H and O–H groups in total. The number of benzene rings is 1. The molecule has 0 radical (unpaired) electrons. The van der Waals surface area contributed by atoms with Crippen LogP contribution in [0.4, 0.5) is 0 Å². The largest absolute Gasteiger partial charge is 0.345 e. The standard InChI is InChI=1S/C22H25N3O2/c1-15(2)9-11-25-20(21(26)24-14-18-6-4-5-10-23-18)13-17-8-7-16(3)12-19(17)22(25)27/h4-8,10,12-13,15H,9,11,14H2,1-3H3,(H,24,26). The molecule has 27 heavy (non-hydrogen) atoms. The van der Waals surface area contributed by atoms with Crippen LogP contribution in [-0.2, 0) is 13.1 Å². The maximum Gasteiger partial charge on any atom is 0.268 e. The first kappa shape index (κ1) is 18.8. The highest BCUT2D eigenvalue weighted by molar-refractivity contribution is 5.96. The third-order valence-corrected chi connectivity index (χ3v) is 4.59. The zero-order chi connectivity index (χ0) is 19.4. The predicted molar refractivity (Wildman–Crippen MR) is 108 cm³/mol. The van der Waals surface area contributed by atoms with Crippen molar-refractivity contribution < 1.29 is 4.79 Å². The molecule has 3 rings (SSSR count). The van der Waals surface area contributed by atoms with Crippen LogP contribution >= 0.6 is 0 Å². The second-order valence-corrected chi connectivity index (χ2v) is 7.26. The van der Waals surface area contributed by atoms with E-state index in [4.69, 9.17) is 0 Å². The molecular weight excluding hydrogens is 338 g/mol. The molecule has 0 spiro atoms. The third-order valence-electron chi connectivity index (χ3n) is 4.59. The van der Waals surface area contributed by atoms with Gasteiger partial charge >= 0.3 is 0 Å². The van der Waals surface area contributed by atoms with Crippen molar-refractivity contribution in [1.82, 2.24) is 14.9 Å². The molecule has 3 aromatic rings. The third kappa shape index (κ3) is 4.42. The second kappa shape index (κ2) is 8.16. The number of rotatable bonds is 6. The van der Waals surface area contributed by atoms with Gasteiger partial charge in [-0.05, 0) is 48.9 Å². The Labute approximate surface area is 159 Å². The molecule has 0 fully saturated rings. The van der Waals surface area contributed by atoms with Crippen molar-refractivity contribution in [3.05, 3.63) is 76.0 Å². The Morgan fingerprint density at radius 3 is 2.70 bits per heavy atom. The monoisotopic (exact) mass is 363 g/mol. The van der Waals surface area contributed by atoms with E-state index in [0.717, 1.165) is 23.1 Å². The quantitative estimate of drug-likeness (QED) is 0.727. The van der Waals surface area contributed by atoms with Gasteiger partial charge in [-0.3, -0.25) is 14.6 Å². The summed E-state index contributed by atoms with van der Waals surface area (Å²) in [5.41, 5.74) is 2.09. The van der Waals surface area contributed by atoms with E-state index < -0.39 is 0 Å². The first-order valence-corrected chi connectivity index (χ1v) is 9.28. The second-order valence-electron chi connectivity index (χ2n) is 7.26. The Kier molecular flexibility index (Phi) is 5.69. The summed E-state index contributed by atoms with van der Waals surface area (Å²) >= 11 is 0. The smallest absolute Gasteiger partial charge is 0.268 e. The molecule has 0 saturated carbocycles. The van der Waals surface area contributed by atoms with E-state index in [1.807, 2.05) is 49.4 Å². The summed E-state index contributed by atoms with van der Waals surface area (Å²) in [5, 5.41) is 4.32. The van der Waals surface area contributed by atoms with Gasteiger partial charge in [-0.15, -0.1) is 0 Å². The molecule has 0 bridgehead atoms. The van der Waals surface area contributed by atoms with E-state index in [2.05, 4.69) is 24.1 Å². The zero-order valence-electron chi connectivity index (χ0n) is 16.0. The van der Waals surface area contributed by atoms with E-state index in [0.29, 0.717) is 30.1 Å². The van der Waals surface area contributed by atoms with E-state index in [1.165, 1.54) is 0 Å². The van der Waals surface area contributed by atoms with E-state index in [-0.39, 0.29) is 11.5 Å². The number of nitrogens with zero attached hydrogens (tertiary/aromatic N) is 2. The molecule has 5 nitrogen and oxygen atoms in total.